The van der Waals surface area contributed by atoms with E-state index < -0.39 is 0 Å². The molecule has 4 nitrogen and oxygen atoms in total. The van der Waals surface area contributed by atoms with E-state index in [2.05, 4.69) is 71.1 Å². The van der Waals surface area contributed by atoms with Gasteiger partial charge in [-0.05, 0) is 18.6 Å². The molecule has 26 heavy (non-hydrogen) atoms. The SMILES string of the molecule is COC[C@H](C)Nc1nc(-c2c(-c3ccccc3)[nH]c3ccccc23)cs1. The van der Waals surface area contributed by atoms with Crippen LogP contribution in [0.15, 0.2) is 60.0 Å². The van der Waals surface area contributed by atoms with Crippen LogP contribution in [0.25, 0.3) is 33.4 Å². The average molecular weight is 363 g/mol. The molecule has 0 unspecified atom stereocenters. The molecule has 4 aromatic rings. The summed E-state index contributed by atoms with van der Waals surface area (Å²) in [5.74, 6) is 0. The Kier molecular flexibility index (Phi) is 4.73. The highest BCUT2D eigenvalue weighted by molar-refractivity contribution is 7.14. The molecule has 0 fully saturated rings. The largest absolute Gasteiger partial charge is 0.383 e. The van der Waals surface area contributed by atoms with Crippen LogP contribution in [0.2, 0.25) is 0 Å². The van der Waals surface area contributed by atoms with Crippen molar-refractivity contribution in [1.29, 1.82) is 0 Å². The molecule has 0 amide bonds. The van der Waals surface area contributed by atoms with E-state index in [9.17, 15) is 0 Å². The molecule has 0 saturated carbocycles. The Labute approximate surface area is 156 Å². The number of ether oxygens (including phenoxy) is 1. The van der Waals surface area contributed by atoms with E-state index in [1.807, 2.05) is 6.07 Å². The van der Waals surface area contributed by atoms with Gasteiger partial charge in [0.2, 0.25) is 0 Å². The maximum atomic E-state index is 5.20. The van der Waals surface area contributed by atoms with Gasteiger partial charge in [0, 0.05) is 35.0 Å². The number of anilines is 1. The molecule has 2 N–H and O–H groups in total. The standard InChI is InChI=1S/C21H21N3OS/c1-14(12-25-2)22-21-24-18(13-26-21)19-16-10-6-7-11-17(16)23-20(19)15-8-4-3-5-9-15/h3-11,13-14,23H,12H2,1-2H3,(H,22,24)/t14-/m0/s1. The first-order chi connectivity index (χ1) is 12.8. The van der Waals surface area contributed by atoms with Gasteiger partial charge in [-0.25, -0.2) is 4.98 Å². The number of nitrogens with one attached hydrogen (secondary N) is 2. The predicted molar refractivity (Wildman–Crippen MR) is 110 cm³/mol. The van der Waals surface area contributed by atoms with Crippen LogP contribution in [0, 0.1) is 0 Å². The molecule has 4 rings (SSSR count). The van der Waals surface area contributed by atoms with Crippen molar-refractivity contribution < 1.29 is 4.74 Å². The summed E-state index contributed by atoms with van der Waals surface area (Å²) in [7, 11) is 1.71. The quantitative estimate of drug-likeness (QED) is 0.482. The molecule has 2 aromatic heterocycles. The number of benzene rings is 2. The molecule has 5 heteroatoms. The Morgan fingerprint density at radius 1 is 1.12 bits per heavy atom. The average Bonchev–Trinajstić information content (AvgIpc) is 3.26. The van der Waals surface area contributed by atoms with Gasteiger partial charge in [-0.15, -0.1) is 11.3 Å². The number of fused-ring (bicyclic) bond motifs is 1. The van der Waals surface area contributed by atoms with E-state index in [-0.39, 0.29) is 6.04 Å². The van der Waals surface area contributed by atoms with Crippen LogP contribution in [-0.4, -0.2) is 29.7 Å². The third kappa shape index (κ3) is 3.23. The smallest absolute Gasteiger partial charge is 0.183 e. The highest BCUT2D eigenvalue weighted by atomic mass is 32.1. The molecule has 0 aliphatic heterocycles. The van der Waals surface area contributed by atoms with Crippen LogP contribution in [0.4, 0.5) is 5.13 Å². The van der Waals surface area contributed by atoms with Crippen molar-refractivity contribution in [1.82, 2.24) is 9.97 Å². The zero-order chi connectivity index (χ0) is 17.9. The topological polar surface area (TPSA) is 49.9 Å². The van der Waals surface area contributed by atoms with E-state index >= 15 is 0 Å². The van der Waals surface area contributed by atoms with Gasteiger partial charge in [0.05, 0.1) is 18.0 Å². The number of aromatic nitrogens is 2. The zero-order valence-electron chi connectivity index (χ0n) is 14.8. The predicted octanol–water partition coefficient (Wildman–Crippen LogP) is 5.41. The molecule has 2 heterocycles. The molecular weight excluding hydrogens is 342 g/mol. The van der Waals surface area contributed by atoms with Crippen molar-refractivity contribution in [2.45, 2.75) is 13.0 Å². The first-order valence-electron chi connectivity index (χ1n) is 8.63. The van der Waals surface area contributed by atoms with Gasteiger partial charge in [-0.3, -0.25) is 0 Å². The lowest BCUT2D eigenvalue weighted by atomic mass is 10.0. The number of aromatic amines is 1. The number of hydrogen-bond donors (Lipinski definition) is 2. The second-order valence-electron chi connectivity index (χ2n) is 6.33. The number of nitrogens with zero attached hydrogens (tertiary/aromatic N) is 1. The summed E-state index contributed by atoms with van der Waals surface area (Å²) in [4.78, 5) is 8.42. The number of methoxy groups -OCH3 is 1. The monoisotopic (exact) mass is 363 g/mol. The minimum absolute atomic E-state index is 0.218. The van der Waals surface area contributed by atoms with E-state index in [0.717, 1.165) is 33.2 Å². The summed E-state index contributed by atoms with van der Waals surface area (Å²) in [6, 6.07) is 19.0. The van der Waals surface area contributed by atoms with Gasteiger partial charge in [-0.1, -0.05) is 48.5 Å². The fraction of sp³-hybridized carbons (Fsp3) is 0.190. The number of H-pyrrole nitrogens is 1. The van der Waals surface area contributed by atoms with Crippen LogP contribution in [0.1, 0.15) is 6.92 Å². The van der Waals surface area contributed by atoms with Crippen LogP contribution < -0.4 is 5.32 Å². The molecule has 132 valence electrons. The second kappa shape index (κ2) is 7.32. The minimum Gasteiger partial charge on any atom is -0.383 e. The van der Waals surface area contributed by atoms with Crippen molar-refractivity contribution in [2.24, 2.45) is 0 Å². The Hall–Kier alpha value is -2.63. The van der Waals surface area contributed by atoms with Gasteiger partial charge in [0.1, 0.15) is 0 Å². The summed E-state index contributed by atoms with van der Waals surface area (Å²) >= 11 is 1.62. The van der Waals surface area contributed by atoms with Crippen LogP contribution in [0.3, 0.4) is 0 Å². The molecule has 0 bridgehead atoms. The number of para-hydroxylation sites is 1. The van der Waals surface area contributed by atoms with Crippen molar-refractivity contribution in [2.75, 3.05) is 19.0 Å². The van der Waals surface area contributed by atoms with Crippen LogP contribution in [0.5, 0.6) is 0 Å². The highest BCUT2D eigenvalue weighted by Crippen LogP contribution is 2.39. The fourth-order valence-electron chi connectivity index (χ4n) is 3.19. The molecule has 0 spiro atoms. The first-order valence-corrected chi connectivity index (χ1v) is 9.51. The molecule has 2 aromatic carbocycles. The third-order valence-corrected chi connectivity index (χ3v) is 5.09. The summed E-state index contributed by atoms with van der Waals surface area (Å²) in [5, 5.41) is 7.62. The summed E-state index contributed by atoms with van der Waals surface area (Å²) in [5.41, 5.74) is 5.52. The zero-order valence-corrected chi connectivity index (χ0v) is 15.6. The van der Waals surface area contributed by atoms with E-state index in [0.29, 0.717) is 6.61 Å². The lowest BCUT2D eigenvalue weighted by molar-refractivity contribution is 0.190. The summed E-state index contributed by atoms with van der Waals surface area (Å²) in [6.45, 7) is 2.74. The third-order valence-electron chi connectivity index (χ3n) is 4.32. The van der Waals surface area contributed by atoms with Gasteiger partial charge in [-0.2, -0.15) is 0 Å². The second-order valence-corrected chi connectivity index (χ2v) is 7.18. The Balaban J connectivity index is 1.80. The minimum atomic E-state index is 0.218. The highest BCUT2D eigenvalue weighted by Gasteiger charge is 2.17. The van der Waals surface area contributed by atoms with E-state index in [4.69, 9.17) is 9.72 Å². The van der Waals surface area contributed by atoms with Crippen LogP contribution in [-0.2, 0) is 4.74 Å². The van der Waals surface area contributed by atoms with Gasteiger partial charge < -0.3 is 15.0 Å². The van der Waals surface area contributed by atoms with Gasteiger partial charge >= 0.3 is 0 Å². The lowest BCUT2D eigenvalue weighted by Gasteiger charge is -2.10. The van der Waals surface area contributed by atoms with Crippen molar-refractivity contribution in [3.8, 4) is 22.5 Å². The maximum absolute atomic E-state index is 5.20. The number of thiazole rings is 1. The summed E-state index contributed by atoms with van der Waals surface area (Å²) in [6.07, 6.45) is 0. The normalized spacial score (nSPS) is 12.4. The lowest BCUT2D eigenvalue weighted by Crippen LogP contribution is -2.20. The van der Waals surface area contributed by atoms with Gasteiger partial charge in [0.25, 0.3) is 0 Å². The maximum Gasteiger partial charge on any atom is 0.183 e. The van der Waals surface area contributed by atoms with E-state index in [1.165, 1.54) is 5.39 Å². The van der Waals surface area contributed by atoms with Crippen molar-refractivity contribution in [3.05, 3.63) is 60.0 Å². The molecule has 0 aliphatic carbocycles. The van der Waals surface area contributed by atoms with Crippen molar-refractivity contribution in [3.63, 3.8) is 0 Å². The molecular formula is C21H21N3OS. The molecule has 0 radical (unpaired) electrons. The number of rotatable bonds is 6. The number of hydrogen-bond acceptors (Lipinski definition) is 4. The Morgan fingerprint density at radius 3 is 2.69 bits per heavy atom. The first kappa shape index (κ1) is 16.8. The van der Waals surface area contributed by atoms with Crippen LogP contribution >= 0.6 is 11.3 Å². The van der Waals surface area contributed by atoms with Gasteiger partial charge in [0.15, 0.2) is 5.13 Å². The summed E-state index contributed by atoms with van der Waals surface area (Å²) < 4.78 is 5.20. The Bertz CT molecular complexity index is 1010. The van der Waals surface area contributed by atoms with Crippen molar-refractivity contribution >= 4 is 27.4 Å². The molecule has 1 atom stereocenters. The molecule has 0 saturated heterocycles. The van der Waals surface area contributed by atoms with E-state index in [1.54, 1.807) is 18.4 Å². The fourth-order valence-corrected chi connectivity index (χ4v) is 4.00. The molecule has 0 aliphatic rings. The Morgan fingerprint density at radius 2 is 1.88 bits per heavy atom.